The number of ether oxygens (including phenoxy) is 2. The molecule has 2 aromatic carbocycles. The summed E-state index contributed by atoms with van der Waals surface area (Å²) >= 11 is 1.39. The minimum atomic E-state index is -3.83. The van der Waals surface area contributed by atoms with E-state index in [1.54, 1.807) is 24.3 Å². The van der Waals surface area contributed by atoms with E-state index < -0.39 is 10.0 Å². The molecule has 0 saturated heterocycles. The van der Waals surface area contributed by atoms with Crippen molar-refractivity contribution in [1.29, 1.82) is 0 Å². The van der Waals surface area contributed by atoms with Crippen molar-refractivity contribution in [2.75, 3.05) is 32.1 Å². The summed E-state index contributed by atoms with van der Waals surface area (Å²) in [5, 5.41) is 3.75. The minimum Gasteiger partial charge on any atom is -0.493 e. The molecule has 172 valence electrons. The Labute approximate surface area is 193 Å². The zero-order chi connectivity index (χ0) is 23.5. The lowest BCUT2D eigenvalue weighted by Crippen LogP contribution is -2.26. The molecule has 0 unspecified atom stereocenters. The molecule has 0 aliphatic carbocycles. The highest BCUT2D eigenvalue weighted by molar-refractivity contribution is 7.92. The van der Waals surface area contributed by atoms with E-state index in [0.717, 1.165) is 16.5 Å². The summed E-state index contributed by atoms with van der Waals surface area (Å²) in [5.41, 5.74) is 0.497. The van der Waals surface area contributed by atoms with Crippen LogP contribution < -0.4 is 19.1 Å². The molecule has 1 amide bonds. The largest absolute Gasteiger partial charge is 0.493 e. The van der Waals surface area contributed by atoms with Gasteiger partial charge in [0.05, 0.1) is 29.7 Å². The number of hydrogen-bond donors (Lipinski definition) is 1. The molecule has 0 fully saturated rings. The van der Waals surface area contributed by atoms with Crippen LogP contribution >= 0.6 is 11.3 Å². The number of fused-ring (bicyclic) bond motifs is 1. The quantitative estimate of drug-likeness (QED) is 0.491. The molecule has 0 radical (unpaired) electrons. The Morgan fingerprint density at radius 3 is 2.44 bits per heavy atom. The lowest BCUT2D eigenvalue weighted by Gasteiger charge is -2.20. The van der Waals surface area contributed by atoms with Gasteiger partial charge in [-0.2, -0.15) is 0 Å². The van der Waals surface area contributed by atoms with Gasteiger partial charge in [0.1, 0.15) is 0 Å². The molecule has 32 heavy (non-hydrogen) atoms. The van der Waals surface area contributed by atoms with Gasteiger partial charge in [-0.15, -0.1) is 11.3 Å². The molecule has 0 bridgehead atoms. The van der Waals surface area contributed by atoms with Crippen LogP contribution in [0.3, 0.4) is 0 Å². The van der Waals surface area contributed by atoms with Crippen LogP contribution in [0.5, 0.6) is 11.5 Å². The topological polar surface area (TPSA) is 84.9 Å². The molecule has 0 aliphatic rings. The van der Waals surface area contributed by atoms with Crippen LogP contribution in [0.25, 0.3) is 10.1 Å². The van der Waals surface area contributed by atoms with Crippen molar-refractivity contribution in [2.45, 2.75) is 25.2 Å². The second-order valence-electron chi connectivity index (χ2n) is 7.76. The van der Waals surface area contributed by atoms with Crippen LogP contribution in [0.2, 0.25) is 0 Å². The molecule has 0 atom stereocenters. The first-order chi connectivity index (χ1) is 15.2. The number of sulfonamides is 1. The number of methoxy groups -OCH3 is 2. The number of nitrogens with one attached hydrogen (secondary N) is 1. The number of carbonyl (C=O) groups excluding carboxylic acids is 1. The average molecular weight is 477 g/mol. The number of rotatable bonds is 9. The van der Waals surface area contributed by atoms with Crippen LogP contribution in [-0.4, -0.2) is 42.1 Å². The summed E-state index contributed by atoms with van der Waals surface area (Å²) in [6.07, 6.45) is 0.916. The SMILES string of the molecule is COc1ccc(S(=O)(=O)N(C)c2ccc3sc(C(=O)NCCC(C)C)cc3c2)cc1OC. The van der Waals surface area contributed by atoms with E-state index in [0.29, 0.717) is 34.5 Å². The summed E-state index contributed by atoms with van der Waals surface area (Å²) in [4.78, 5) is 13.1. The van der Waals surface area contributed by atoms with Gasteiger partial charge >= 0.3 is 0 Å². The number of benzene rings is 2. The number of anilines is 1. The van der Waals surface area contributed by atoms with E-state index in [4.69, 9.17) is 9.47 Å². The third-order valence-corrected chi connectivity index (χ3v) is 8.00. The van der Waals surface area contributed by atoms with Crippen LogP contribution in [0.4, 0.5) is 5.69 Å². The third kappa shape index (κ3) is 4.99. The van der Waals surface area contributed by atoms with Crippen molar-refractivity contribution in [3.8, 4) is 11.5 Å². The molecule has 0 aliphatic heterocycles. The van der Waals surface area contributed by atoms with E-state index in [1.807, 2.05) is 6.07 Å². The predicted octanol–water partition coefficient (Wildman–Crippen LogP) is 4.52. The summed E-state index contributed by atoms with van der Waals surface area (Å²) in [7, 11) is 0.624. The second kappa shape index (κ2) is 9.79. The molecule has 1 heterocycles. The Balaban J connectivity index is 1.86. The van der Waals surface area contributed by atoms with E-state index in [2.05, 4.69) is 19.2 Å². The predicted molar refractivity (Wildman–Crippen MR) is 129 cm³/mol. The Hall–Kier alpha value is -2.78. The first-order valence-electron chi connectivity index (χ1n) is 10.2. The van der Waals surface area contributed by atoms with E-state index in [1.165, 1.54) is 49.0 Å². The Kier molecular flexibility index (Phi) is 7.30. The van der Waals surface area contributed by atoms with Crippen molar-refractivity contribution < 1.29 is 22.7 Å². The van der Waals surface area contributed by atoms with E-state index in [-0.39, 0.29) is 10.8 Å². The van der Waals surface area contributed by atoms with Gasteiger partial charge in [0.25, 0.3) is 15.9 Å². The molecule has 9 heteroatoms. The lowest BCUT2D eigenvalue weighted by molar-refractivity contribution is 0.0956. The van der Waals surface area contributed by atoms with Gasteiger partial charge in [-0.3, -0.25) is 9.10 Å². The standard InChI is InChI=1S/C23H28N2O5S2/c1-15(2)10-11-24-23(26)22-13-16-12-17(6-9-21(16)31-22)25(3)32(27,28)18-7-8-19(29-4)20(14-18)30-5/h6-9,12-15H,10-11H2,1-5H3,(H,24,26). The normalized spacial score (nSPS) is 11.6. The van der Waals surface area contributed by atoms with Gasteiger partial charge in [0.15, 0.2) is 11.5 Å². The fourth-order valence-electron chi connectivity index (χ4n) is 3.17. The zero-order valence-electron chi connectivity index (χ0n) is 18.8. The minimum absolute atomic E-state index is 0.0910. The van der Waals surface area contributed by atoms with Crippen LogP contribution in [-0.2, 0) is 10.0 Å². The molecule has 1 N–H and O–H groups in total. The van der Waals surface area contributed by atoms with Crippen molar-refractivity contribution >= 4 is 43.0 Å². The maximum absolute atomic E-state index is 13.2. The van der Waals surface area contributed by atoms with E-state index in [9.17, 15) is 13.2 Å². The summed E-state index contributed by atoms with van der Waals surface area (Å²) in [5.74, 6) is 1.19. The van der Waals surface area contributed by atoms with Crippen molar-refractivity contribution in [2.24, 2.45) is 5.92 Å². The first kappa shape index (κ1) is 23.9. The Morgan fingerprint density at radius 2 is 1.78 bits per heavy atom. The van der Waals surface area contributed by atoms with Crippen LogP contribution in [0.1, 0.15) is 29.9 Å². The summed E-state index contributed by atoms with van der Waals surface area (Å²) < 4.78 is 38.9. The molecule has 7 nitrogen and oxygen atoms in total. The average Bonchev–Trinajstić information content (AvgIpc) is 3.21. The maximum Gasteiger partial charge on any atom is 0.264 e. The summed E-state index contributed by atoms with van der Waals surface area (Å²) in [6, 6.07) is 11.6. The second-order valence-corrected chi connectivity index (χ2v) is 10.8. The van der Waals surface area contributed by atoms with Crippen molar-refractivity contribution in [1.82, 2.24) is 5.32 Å². The van der Waals surface area contributed by atoms with Crippen molar-refractivity contribution in [3.63, 3.8) is 0 Å². The van der Waals surface area contributed by atoms with Gasteiger partial charge < -0.3 is 14.8 Å². The fourth-order valence-corrected chi connectivity index (χ4v) is 5.34. The fraction of sp³-hybridized carbons (Fsp3) is 0.348. The Morgan fingerprint density at radius 1 is 1.06 bits per heavy atom. The van der Waals surface area contributed by atoms with Crippen LogP contribution in [0.15, 0.2) is 47.4 Å². The highest BCUT2D eigenvalue weighted by Gasteiger charge is 2.23. The first-order valence-corrected chi connectivity index (χ1v) is 12.5. The van der Waals surface area contributed by atoms with E-state index >= 15 is 0 Å². The highest BCUT2D eigenvalue weighted by atomic mass is 32.2. The molecule has 0 saturated carbocycles. The molecular formula is C23H28N2O5S2. The summed E-state index contributed by atoms with van der Waals surface area (Å²) in [6.45, 7) is 4.85. The highest BCUT2D eigenvalue weighted by Crippen LogP contribution is 2.34. The van der Waals surface area contributed by atoms with Gasteiger partial charge in [0.2, 0.25) is 0 Å². The molecule has 0 spiro atoms. The maximum atomic E-state index is 13.2. The van der Waals surface area contributed by atoms with Gasteiger partial charge in [0, 0.05) is 24.4 Å². The number of nitrogens with zero attached hydrogens (tertiary/aromatic N) is 1. The van der Waals surface area contributed by atoms with Crippen LogP contribution in [0, 0.1) is 5.92 Å². The number of carbonyl (C=O) groups is 1. The molecular weight excluding hydrogens is 448 g/mol. The Bertz CT molecular complexity index is 1220. The monoisotopic (exact) mass is 476 g/mol. The third-order valence-electron chi connectivity index (χ3n) is 5.11. The molecule has 3 aromatic rings. The number of amides is 1. The smallest absolute Gasteiger partial charge is 0.264 e. The van der Waals surface area contributed by atoms with Gasteiger partial charge in [-0.1, -0.05) is 13.8 Å². The number of thiophene rings is 1. The van der Waals surface area contributed by atoms with Gasteiger partial charge in [-0.25, -0.2) is 8.42 Å². The number of hydrogen-bond acceptors (Lipinski definition) is 6. The zero-order valence-corrected chi connectivity index (χ0v) is 20.5. The molecule has 3 rings (SSSR count). The molecule has 1 aromatic heterocycles. The van der Waals surface area contributed by atoms with Gasteiger partial charge in [-0.05, 0) is 54.1 Å². The lowest BCUT2D eigenvalue weighted by atomic mass is 10.1. The van der Waals surface area contributed by atoms with Crippen molar-refractivity contribution in [3.05, 3.63) is 47.3 Å².